The molecule has 1 aliphatic rings. The number of methoxy groups -OCH3 is 1. The maximum atomic E-state index is 11.7. The van der Waals surface area contributed by atoms with Crippen molar-refractivity contribution in [1.29, 1.82) is 5.26 Å². The molecule has 24 heavy (non-hydrogen) atoms. The van der Waals surface area contributed by atoms with Gasteiger partial charge in [-0.15, -0.1) is 11.3 Å². The number of carbonyl (C=O) groups is 1. The Morgan fingerprint density at radius 3 is 3.04 bits per heavy atom. The lowest BCUT2D eigenvalue weighted by Crippen LogP contribution is -2.29. The number of hydrogen-bond acceptors (Lipinski definition) is 6. The molecule has 1 aromatic carbocycles. The van der Waals surface area contributed by atoms with Gasteiger partial charge in [0.25, 0.3) is 0 Å². The highest BCUT2D eigenvalue weighted by atomic mass is 32.1. The van der Waals surface area contributed by atoms with E-state index < -0.39 is 0 Å². The number of nitrogens with zero attached hydrogens (tertiary/aromatic N) is 2. The molecule has 0 atom stereocenters. The molecular formula is C18H19N3O2S. The van der Waals surface area contributed by atoms with Crippen LogP contribution in [-0.2, 0) is 24.2 Å². The van der Waals surface area contributed by atoms with Crippen LogP contribution in [0.5, 0.6) is 0 Å². The van der Waals surface area contributed by atoms with E-state index in [9.17, 15) is 10.1 Å². The summed E-state index contributed by atoms with van der Waals surface area (Å²) in [4.78, 5) is 15.3. The van der Waals surface area contributed by atoms with Crippen LogP contribution in [0.4, 0.5) is 5.00 Å². The van der Waals surface area contributed by atoms with Crippen LogP contribution < -0.4 is 5.32 Å². The molecule has 1 aromatic heterocycles. The fourth-order valence-electron chi connectivity index (χ4n) is 3.06. The van der Waals surface area contributed by atoms with Gasteiger partial charge in [0.05, 0.1) is 18.2 Å². The maximum Gasteiger partial charge on any atom is 0.337 e. The molecule has 1 N–H and O–H groups in total. The molecule has 0 fully saturated rings. The van der Waals surface area contributed by atoms with E-state index >= 15 is 0 Å². The Bertz CT molecular complexity index is 807. The van der Waals surface area contributed by atoms with E-state index in [1.54, 1.807) is 17.4 Å². The van der Waals surface area contributed by atoms with Gasteiger partial charge in [0, 0.05) is 31.6 Å². The summed E-state index contributed by atoms with van der Waals surface area (Å²) in [6, 6.07) is 9.88. The second-order valence-electron chi connectivity index (χ2n) is 5.72. The first-order chi connectivity index (χ1) is 11.7. The highest BCUT2D eigenvalue weighted by molar-refractivity contribution is 7.16. The molecular weight excluding hydrogens is 322 g/mol. The Labute approximate surface area is 145 Å². The number of rotatable bonds is 4. The normalized spacial score (nSPS) is 13.9. The molecule has 0 saturated heterocycles. The van der Waals surface area contributed by atoms with Crippen molar-refractivity contribution in [3.05, 3.63) is 51.4 Å². The van der Waals surface area contributed by atoms with Gasteiger partial charge >= 0.3 is 5.97 Å². The topological polar surface area (TPSA) is 65.4 Å². The Balaban J connectivity index is 1.76. The molecule has 0 aliphatic carbocycles. The number of thiophene rings is 1. The van der Waals surface area contributed by atoms with Crippen LogP contribution in [0.3, 0.4) is 0 Å². The lowest BCUT2D eigenvalue weighted by Gasteiger charge is -2.26. The van der Waals surface area contributed by atoms with Gasteiger partial charge in [-0.3, -0.25) is 4.90 Å². The van der Waals surface area contributed by atoms with E-state index in [4.69, 9.17) is 4.74 Å². The van der Waals surface area contributed by atoms with Gasteiger partial charge in [-0.2, -0.15) is 5.26 Å². The van der Waals surface area contributed by atoms with Gasteiger partial charge < -0.3 is 10.1 Å². The average Bonchev–Trinajstić information content (AvgIpc) is 2.98. The molecule has 1 aliphatic heterocycles. The minimum Gasteiger partial charge on any atom is -0.465 e. The molecule has 0 spiro atoms. The zero-order chi connectivity index (χ0) is 17.1. The summed E-state index contributed by atoms with van der Waals surface area (Å²) in [5.74, 6) is -0.312. The van der Waals surface area contributed by atoms with Crippen LogP contribution in [0, 0.1) is 11.3 Å². The lowest BCUT2D eigenvalue weighted by molar-refractivity contribution is 0.0600. The van der Waals surface area contributed by atoms with Crippen molar-refractivity contribution < 1.29 is 9.53 Å². The third-order valence-electron chi connectivity index (χ3n) is 4.23. The molecule has 5 nitrogen and oxygen atoms in total. The Hall–Kier alpha value is -2.36. The number of esters is 1. The molecule has 0 radical (unpaired) electrons. The second-order valence-corrected chi connectivity index (χ2v) is 6.83. The smallest absolute Gasteiger partial charge is 0.337 e. The standard InChI is InChI=1S/C18H19N3O2S/c1-20-17-15(9-19)14-6-7-21(11-16(14)24-17)10-12-4-3-5-13(8-12)18(22)23-2/h3-5,8,20H,6-7,10-11H2,1-2H3. The number of nitrogens with one attached hydrogen (secondary N) is 1. The summed E-state index contributed by atoms with van der Waals surface area (Å²) in [5.41, 5.74) is 3.65. The van der Waals surface area contributed by atoms with Gasteiger partial charge in [0.1, 0.15) is 11.1 Å². The lowest BCUT2D eigenvalue weighted by atomic mass is 10.0. The highest BCUT2D eigenvalue weighted by Gasteiger charge is 2.24. The third-order valence-corrected chi connectivity index (χ3v) is 5.46. The van der Waals surface area contributed by atoms with Crippen molar-refractivity contribution >= 4 is 22.3 Å². The Kier molecular flexibility index (Phi) is 4.84. The van der Waals surface area contributed by atoms with E-state index in [1.165, 1.54) is 17.6 Å². The molecule has 0 saturated carbocycles. The zero-order valence-electron chi connectivity index (χ0n) is 13.8. The Morgan fingerprint density at radius 1 is 1.50 bits per heavy atom. The molecule has 6 heteroatoms. The number of nitriles is 1. The SMILES string of the molecule is CNc1sc2c(c1C#N)CCN(Cc1cccc(C(=O)OC)c1)C2. The summed E-state index contributed by atoms with van der Waals surface area (Å²) in [5, 5.41) is 13.4. The number of hydrogen-bond donors (Lipinski definition) is 1. The van der Waals surface area contributed by atoms with Crippen LogP contribution in [-0.4, -0.2) is 31.6 Å². The van der Waals surface area contributed by atoms with E-state index in [0.717, 1.165) is 42.2 Å². The van der Waals surface area contributed by atoms with Crippen LogP contribution >= 0.6 is 11.3 Å². The molecule has 124 valence electrons. The van der Waals surface area contributed by atoms with Crippen LogP contribution in [0.15, 0.2) is 24.3 Å². The summed E-state index contributed by atoms with van der Waals surface area (Å²) in [6.07, 6.45) is 0.882. The fourth-order valence-corrected chi connectivity index (χ4v) is 4.25. The monoisotopic (exact) mass is 341 g/mol. The highest BCUT2D eigenvalue weighted by Crippen LogP contribution is 2.36. The minimum absolute atomic E-state index is 0.312. The predicted molar refractivity (Wildman–Crippen MR) is 94.2 cm³/mol. The number of fused-ring (bicyclic) bond motifs is 1. The van der Waals surface area contributed by atoms with Gasteiger partial charge in [-0.25, -0.2) is 4.79 Å². The molecule has 0 bridgehead atoms. The van der Waals surface area contributed by atoms with E-state index in [1.807, 2.05) is 25.2 Å². The van der Waals surface area contributed by atoms with Crippen molar-refractivity contribution in [3.8, 4) is 6.07 Å². The van der Waals surface area contributed by atoms with Crippen LogP contribution in [0.25, 0.3) is 0 Å². The van der Waals surface area contributed by atoms with E-state index in [0.29, 0.717) is 5.56 Å². The molecule has 3 rings (SSSR count). The first-order valence-electron chi connectivity index (χ1n) is 7.78. The van der Waals surface area contributed by atoms with Crippen LogP contribution in [0.2, 0.25) is 0 Å². The van der Waals surface area contributed by atoms with E-state index in [2.05, 4.69) is 16.3 Å². The number of anilines is 1. The summed E-state index contributed by atoms with van der Waals surface area (Å²) < 4.78 is 4.78. The minimum atomic E-state index is -0.312. The molecule has 2 aromatic rings. The van der Waals surface area contributed by atoms with Gasteiger partial charge in [0.2, 0.25) is 0 Å². The predicted octanol–water partition coefficient (Wildman–Crippen LogP) is 3.01. The molecule has 2 heterocycles. The third kappa shape index (κ3) is 3.14. The largest absolute Gasteiger partial charge is 0.465 e. The first kappa shape index (κ1) is 16.5. The van der Waals surface area contributed by atoms with Crippen molar-refractivity contribution in [2.75, 3.05) is 26.0 Å². The number of carbonyl (C=O) groups excluding carboxylic acids is 1. The maximum absolute atomic E-state index is 11.7. The van der Waals surface area contributed by atoms with Crippen molar-refractivity contribution in [1.82, 2.24) is 4.90 Å². The van der Waals surface area contributed by atoms with Crippen molar-refractivity contribution in [3.63, 3.8) is 0 Å². The second kappa shape index (κ2) is 7.04. The quantitative estimate of drug-likeness (QED) is 0.866. The summed E-state index contributed by atoms with van der Waals surface area (Å²) in [7, 11) is 3.25. The van der Waals surface area contributed by atoms with Crippen LogP contribution in [0.1, 0.15) is 31.9 Å². The fraction of sp³-hybridized carbons (Fsp3) is 0.333. The summed E-state index contributed by atoms with van der Waals surface area (Å²) in [6.45, 7) is 2.52. The number of ether oxygens (including phenoxy) is 1. The van der Waals surface area contributed by atoms with Gasteiger partial charge in [0.15, 0.2) is 0 Å². The summed E-state index contributed by atoms with van der Waals surface area (Å²) >= 11 is 1.66. The molecule has 0 amide bonds. The Morgan fingerprint density at radius 2 is 2.33 bits per heavy atom. The zero-order valence-corrected chi connectivity index (χ0v) is 14.6. The van der Waals surface area contributed by atoms with Gasteiger partial charge in [-0.1, -0.05) is 12.1 Å². The average molecular weight is 341 g/mol. The van der Waals surface area contributed by atoms with Gasteiger partial charge in [-0.05, 0) is 29.7 Å². The van der Waals surface area contributed by atoms with Crippen molar-refractivity contribution in [2.24, 2.45) is 0 Å². The van der Waals surface area contributed by atoms with Crippen molar-refractivity contribution in [2.45, 2.75) is 19.5 Å². The number of benzene rings is 1. The molecule has 0 unspecified atom stereocenters. The first-order valence-corrected chi connectivity index (χ1v) is 8.60. The van der Waals surface area contributed by atoms with E-state index in [-0.39, 0.29) is 5.97 Å².